The number of hydrogen-bond donors (Lipinski definition) is 2. The highest BCUT2D eigenvalue weighted by molar-refractivity contribution is 6.31. The zero-order valence-corrected chi connectivity index (χ0v) is 21.1. The van der Waals surface area contributed by atoms with Gasteiger partial charge in [0, 0.05) is 16.7 Å². The normalized spacial score (nSPS) is 11.7. The number of esters is 1. The Balaban J connectivity index is 1.50. The number of aromatic amines is 1. The van der Waals surface area contributed by atoms with Gasteiger partial charge in [0.1, 0.15) is 17.3 Å². The highest BCUT2D eigenvalue weighted by Gasteiger charge is 2.24. The fourth-order valence-electron chi connectivity index (χ4n) is 3.68. The molecule has 1 unspecified atom stereocenters. The molecule has 0 saturated heterocycles. The number of anilines is 1. The molecule has 0 saturated carbocycles. The van der Waals surface area contributed by atoms with Crippen LogP contribution in [0.1, 0.15) is 29.3 Å². The third-order valence-corrected chi connectivity index (χ3v) is 6.14. The minimum absolute atomic E-state index is 0.292. The van der Waals surface area contributed by atoms with E-state index in [1.54, 1.807) is 44.4 Å². The molecule has 4 rings (SSSR count). The molecule has 186 valence electrons. The Morgan fingerprint density at radius 3 is 2.47 bits per heavy atom. The number of aromatic nitrogens is 2. The summed E-state index contributed by atoms with van der Waals surface area (Å²) in [6, 6.07) is 15.8. The van der Waals surface area contributed by atoms with Crippen molar-refractivity contribution in [2.45, 2.75) is 26.4 Å². The molecule has 0 aliphatic carbocycles. The summed E-state index contributed by atoms with van der Waals surface area (Å²) in [6.07, 6.45) is -0.703. The number of halogens is 1. The monoisotopic (exact) mass is 507 g/mol. The molecule has 0 bridgehead atoms. The quantitative estimate of drug-likeness (QED) is 0.293. The molecule has 0 aliphatic rings. The second kappa shape index (κ2) is 10.7. The Labute approximate surface area is 213 Å². The fourth-order valence-corrected chi connectivity index (χ4v) is 3.84. The first kappa shape index (κ1) is 25.1. The van der Waals surface area contributed by atoms with E-state index >= 15 is 0 Å². The van der Waals surface area contributed by atoms with Gasteiger partial charge in [-0.15, -0.1) is 0 Å². The van der Waals surface area contributed by atoms with E-state index in [0.29, 0.717) is 45.3 Å². The van der Waals surface area contributed by atoms with Crippen molar-refractivity contribution in [2.24, 2.45) is 0 Å². The Bertz CT molecular complexity index is 1420. The summed E-state index contributed by atoms with van der Waals surface area (Å²) in [6.45, 7) is 3.58. The van der Waals surface area contributed by atoms with E-state index in [9.17, 15) is 9.59 Å². The van der Waals surface area contributed by atoms with Crippen molar-refractivity contribution in [3.63, 3.8) is 0 Å². The topological polar surface area (TPSA) is 103 Å². The molecule has 9 heteroatoms. The maximum atomic E-state index is 12.9. The number of imidazole rings is 1. The van der Waals surface area contributed by atoms with Crippen LogP contribution in [0.3, 0.4) is 0 Å². The number of rotatable bonds is 8. The lowest BCUT2D eigenvalue weighted by Crippen LogP contribution is -2.32. The van der Waals surface area contributed by atoms with Crippen molar-refractivity contribution in [1.29, 1.82) is 0 Å². The highest BCUT2D eigenvalue weighted by atomic mass is 35.5. The van der Waals surface area contributed by atoms with Crippen molar-refractivity contribution in [1.82, 2.24) is 9.97 Å². The summed E-state index contributed by atoms with van der Waals surface area (Å²) in [5, 5.41) is 3.29. The highest BCUT2D eigenvalue weighted by Crippen LogP contribution is 2.31. The lowest BCUT2D eigenvalue weighted by Gasteiger charge is -2.18. The first-order chi connectivity index (χ1) is 17.3. The largest absolute Gasteiger partial charge is 0.497 e. The van der Waals surface area contributed by atoms with Crippen molar-refractivity contribution in [2.75, 3.05) is 19.5 Å². The minimum atomic E-state index is -0.995. The molecule has 3 aromatic carbocycles. The molecule has 0 spiro atoms. The van der Waals surface area contributed by atoms with Gasteiger partial charge in [-0.1, -0.05) is 18.5 Å². The molecule has 0 aliphatic heterocycles. The summed E-state index contributed by atoms with van der Waals surface area (Å²) in [7, 11) is 3.10. The predicted molar refractivity (Wildman–Crippen MR) is 139 cm³/mol. The number of carbonyl (C=O) groups excluding carboxylic acids is 2. The smallest absolute Gasteiger partial charge is 0.338 e. The van der Waals surface area contributed by atoms with Crippen molar-refractivity contribution >= 4 is 40.2 Å². The number of fused-ring (bicyclic) bond motifs is 1. The first-order valence-corrected chi connectivity index (χ1v) is 11.7. The maximum Gasteiger partial charge on any atom is 0.338 e. The third kappa shape index (κ3) is 5.28. The molecule has 4 aromatic rings. The number of ether oxygens (including phenoxy) is 3. The Morgan fingerprint density at radius 1 is 1.06 bits per heavy atom. The minimum Gasteiger partial charge on any atom is -0.497 e. The van der Waals surface area contributed by atoms with Crippen LogP contribution in [-0.2, 0) is 9.53 Å². The number of aryl methyl sites for hydroxylation is 1. The molecular weight excluding hydrogens is 482 g/mol. The van der Waals surface area contributed by atoms with Crippen LogP contribution in [0.5, 0.6) is 11.5 Å². The van der Waals surface area contributed by atoms with Gasteiger partial charge in [-0.3, -0.25) is 4.79 Å². The van der Waals surface area contributed by atoms with Crippen molar-refractivity contribution < 1.29 is 23.8 Å². The number of hydrogen-bond acceptors (Lipinski definition) is 6. The van der Waals surface area contributed by atoms with Gasteiger partial charge in [0.15, 0.2) is 6.10 Å². The number of carbonyl (C=O) groups is 2. The third-order valence-electron chi connectivity index (χ3n) is 5.73. The van der Waals surface area contributed by atoms with Crippen molar-refractivity contribution in [3.05, 3.63) is 70.7 Å². The number of amides is 1. The molecule has 0 fully saturated rings. The van der Waals surface area contributed by atoms with Gasteiger partial charge in [0.25, 0.3) is 5.91 Å². The molecule has 36 heavy (non-hydrogen) atoms. The average molecular weight is 508 g/mol. The van der Waals surface area contributed by atoms with Gasteiger partial charge < -0.3 is 24.5 Å². The van der Waals surface area contributed by atoms with E-state index in [-0.39, 0.29) is 0 Å². The van der Waals surface area contributed by atoms with Gasteiger partial charge >= 0.3 is 5.97 Å². The van der Waals surface area contributed by atoms with Crippen LogP contribution < -0.4 is 14.8 Å². The molecule has 2 N–H and O–H groups in total. The number of H-pyrrole nitrogens is 1. The second-order valence-corrected chi connectivity index (χ2v) is 8.55. The molecule has 1 aromatic heterocycles. The van der Waals surface area contributed by atoms with Gasteiger partial charge in [-0.2, -0.15) is 0 Å². The summed E-state index contributed by atoms with van der Waals surface area (Å²) < 4.78 is 16.1. The van der Waals surface area contributed by atoms with Gasteiger partial charge in [-0.05, 0) is 67.4 Å². The van der Waals surface area contributed by atoms with E-state index in [1.165, 1.54) is 7.11 Å². The summed E-state index contributed by atoms with van der Waals surface area (Å²) in [4.78, 5) is 33.6. The zero-order valence-electron chi connectivity index (χ0n) is 20.3. The molecule has 1 amide bonds. The Hall–Kier alpha value is -4.04. The standard InChI is InChI=1S/C27H26ClN3O5/c1-5-23(26(32)31-22-12-15(2)19(28)14-24(22)35-4)36-27(33)17-8-11-20-21(13-17)30-25(29-20)16-6-9-18(34-3)10-7-16/h6-14,23H,5H2,1-4H3,(H,29,30)(H,31,32). The molecular formula is C27H26ClN3O5. The first-order valence-electron chi connectivity index (χ1n) is 11.3. The van der Waals surface area contributed by atoms with E-state index < -0.39 is 18.0 Å². The van der Waals surface area contributed by atoms with E-state index in [1.807, 2.05) is 31.2 Å². The SMILES string of the molecule is CCC(OC(=O)c1ccc2nc(-c3ccc(OC)cc3)[nH]c2c1)C(=O)Nc1cc(C)c(Cl)cc1OC. The lowest BCUT2D eigenvalue weighted by atomic mass is 10.1. The predicted octanol–water partition coefficient (Wildman–Crippen LogP) is 5.78. The van der Waals surface area contributed by atoms with Crippen LogP contribution in [-0.4, -0.2) is 42.2 Å². The molecule has 1 heterocycles. The maximum absolute atomic E-state index is 12.9. The summed E-state index contributed by atoms with van der Waals surface area (Å²) in [5.41, 5.74) is 3.79. The van der Waals surface area contributed by atoms with E-state index in [2.05, 4.69) is 15.3 Å². The van der Waals surface area contributed by atoms with E-state index in [4.69, 9.17) is 25.8 Å². The number of methoxy groups -OCH3 is 2. The van der Waals surface area contributed by atoms with Gasteiger partial charge in [0.05, 0.1) is 36.5 Å². The molecule has 0 radical (unpaired) electrons. The number of nitrogens with one attached hydrogen (secondary N) is 2. The van der Waals surface area contributed by atoms with Crippen LogP contribution in [0.15, 0.2) is 54.6 Å². The second-order valence-electron chi connectivity index (χ2n) is 8.14. The molecule has 8 nitrogen and oxygen atoms in total. The van der Waals surface area contributed by atoms with Crippen LogP contribution >= 0.6 is 11.6 Å². The average Bonchev–Trinajstić information content (AvgIpc) is 3.32. The number of benzene rings is 3. The Morgan fingerprint density at radius 2 is 1.81 bits per heavy atom. The van der Waals surface area contributed by atoms with Gasteiger partial charge in [0.2, 0.25) is 0 Å². The summed E-state index contributed by atoms with van der Waals surface area (Å²) >= 11 is 6.14. The van der Waals surface area contributed by atoms with Gasteiger partial charge in [-0.25, -0.2) is 9.78 Å². The zero-order chi connectivity index (χ0) is 25.8. The fraction of sp³-hybridized carbons (Fsp3) is 0.222. The Kier molecular flexibility index (Phi) is 7.45. The lowest BCUT2D eigenvalue weighted by molar-refractivity contribution is -0.124. The van der Waals surface area contributed by atoms with E-state index in [0.717, 1.165) is 16.9 Å². The van der Waals surface area contributed by atoms with Crippen LogP contribution in [0, 0.1) is 6.92 Å². The summed E-state index contributed by atoms with van der Waals surface area (Å²) in [5.74, 6) is 0.752. The number of nitrogens with zero attached hydrogens (tertiary/aromatic N) is 1. The van der Waals surface area contributed by atoms with Crippen LogP contribution in [0.2, 0.25) is 5.02 Å². The van der Waals surface area contributed by atoms with Crippen LogP contribution in [0.25, 0.3) is 22.4 Å². The molecule has 1 atom stereocenters. The van der Waals surface area contributed by atoms with Crippen LogP contribution in [0.4, 0.5) is 5.69 Å². The van der Waals surface area contributed by atoms with Crippen molar-refractivity contribution in [3.8, 4) is 22.9 Å².